The van der Waals surface area contributed by atoms with E-state index in [1.54, 1.807) is 4.68 Å². The van der Waals surface area contributed by atoms with E-state index in [1.165, 1.54) is 0 Å². The second-order valence-electron chi connectivity index (χ2n) is 4.04. The van der Waals surface area contributed by atoms with Gasteiger partial charge >= 0.3 is 0 Å². The average molecular weight is 182 g/mol. The van der Waals surface area contributed by atoms with E-state index < -0.39 is 0 Å². The summed E-state index contributed by atoms with van der Waals surface area (Å²) in [5, 5.41) is 7.41. The number of rotatable bonds is 4. The molecule has 0 aliphatic rings. The van der Waals surface area contributed by atoms with Crippen molar-refractivity contribution in [1.29, 1.82) is 0 Å². The standard InChI is InChI=1S/C9H18N4/c1-9(2,10)5-6-11-8-4-7-13(3)12-8/h4,7H,5-6,10H2,1-3H3,(H,11,12). The van der Waals surface area contributed by atoms with Crippen LogP contribution in [0.15, 0.2) is 12.3 Å². The molecule has 4 nitrogen and oxygen atoms in total. The monoisotopic (exact) mass is 182 g/mol. The lowest BCUT2D eigenvalue weighted by Crippen LogP contribution is -2.34. The van der Waals surface area contributed by atoms with Crippen LogP contribution in [0.5, 0.6) is 0 Å². The van der Waals surface area contributed by atoms with E-state index in [0.717, 1.165) is 18.8 Å². The van der Waals surface area contributed by atoms with E-state index in [-0.39, 0.29) is 5.54 Å². The number of nitrogens with one attached hydrogen (secondary N) is 1. The first-order valence-corrected chi connectivity index (χ1v) is 4.50. The lowest BCUT2D eigenvalue weighted by molar-refractivity contribution is 0.490. The molecule has 0 saturated heterocycles. The summed E-state index contributed by atoms with van der Waals surface area (Å²) in [6.45, 7) is 4.90. The maximum Gasteiger partial charge on any atom is 0.147 e. The van der Waals surface area contributed by atoms with Crippen molar-refractivity contribution in [3.8, 4) is 0 Å². The first-order chi connectivity index (χ1) is 5.97. The molecule has 13 heavy (non-hydrogen) atoms. The predicted octanol–water partition coefficient (Wildman–Crippen LogP) is 0.959. The number of nitrogens with two attached hydrogens (primary N) is 1. The number of hydrogen-bond donors (Lipinski definition) is 2. The van der Waals surface area contributed by atoms with Gasteiger partial charge in [-0.25, -0.2) is 0 Å². The Labute approximate surface area is 79.1 Å². The van der Waals surface area contributed by atoms with Crippen molar-refractivity contribution >= 4 is 5.82 Å². The van der Waals surface area contributed by atoms with Crippen molar-refractivity contribution in [1.82, 2.24) is 9.78 Å². The third-order valence-corrected chi connectivity index (χ3v) is 1.79. The van der Waals surface area contributed by atoms with Crippen molar-refractivity contribution in [3.05, 3.63) is 12.3 Å². The molecule has 1 rings (SSSR count). The zero-order valence-corrected chi connectivity index (χ0v) is 8.54. The van der Waals surface area contributed by atoms with E-state index in [4.69, 9.17) is 5.73 Å². The van der Waals surface area contributed by atoms with Crippen LogP contribution in [0.3, 0.4) is 0 Å². The smallest absolute Gasteiger partial charge is 0.147 e. The quantitative estimate of drug-likeness (QED) is 0.729. The molecule has 0 bridgehead atoms. The van der Waals surface area contributed by atoms with Gasteiger partial charge in [-0.05, 0) is 20.3 Å². The molecule has 0 unspecified atom stereocenters. The van der Waals surface area contributed by atoms with Gasteiger partial charge in [0.2, 0.25) is 0 Å². The Morgan fingerprint density at radius 3 is 2.77 bits per heavy atom. The molecule has 74 valence electrons. The summed E-state index contributed by atoms with van der Waals surface area (Å²) < 4.78 is 1.77. The number of aryl methyl sites for hydroxylation is 1. The van der Waals surface area contributed by atoms with Gasteiger partial charge in [-0.1, -0.05) is 0 Å². The van der Waals surface area contributed by atoms with Crippen LogP contribution < -0.4 is 11.1 Å². The molecule has 4 heteroatoms. The second-order valence-corrected chi connectivity index (χ2v) is 4.04. The Hall–Kier alpha value is -1.03. The van der Waals surface area contributed by atoms with E-state index in [0.29, 0.717) is 0 Å². The van der Waals surface area contributed by atoms with Crippen LogP contribution in [-0.2, 0) is 7.05 Å². The molecule has 1 aromatic heterocycles. The molecule has 0 radical (unpaired) electrons. The van der Waals surface area contributed by atoms with Crippen LogP contribution >= 0.6 is 0 Å². The topological polar surface area (TPSA) is 55.9 Å². The van der Waals surface area contributed by atoms with Gasteiger partial charge in [-0.3, -0.25) is 4.68 Å². The Morgan fingerprint density at radius 1 is 1.62 bits per heavy atom. The Morgan fingerprint density at radius 2 is 2.31 bits per heavy atom. The molecule has 0 spiro atoms. The van der Waals surface area contributed by atoms with Gasteiger partial charge in [0.1, 0.15) is 5.82 Å². The van der Waals surface area contributed by atoms with Crippen molar-refractivity contribution in [2.45, 2.75) is 25.8 Å². The minimum absolute atomic E-state index is 0.109. The van der Waals surface area contributed by atoms with Gasteiger partial charge in [-0.2, -0.15) is 5.10 Å². The number of hydrogen-bond acceptors (Lipinski definition) is 3. The molecule has 0 aliphatic heterocycles. The summed E-state index contributed by atoms with van der Waals surface area (Å²) in [6, 6.07) is 1.95. The fraction of sp³-hybridized carbons (Fsp3) is 0.667. The van der Waals surface area contributed by atoms with Crippen LogP contribution in [-0.4, -0.2) is 21.9 Å². The zero-order chi connectivity index (χ0) is 9.90. The summed E-state index contributed by atoms with van der Waals surface area (Å²) in [5.74, 6) is 0.909. The summed E-state index contributed by atoms with van der Waals surface area (Å²) in [7, 11) is 1.90. The SMILES string of the molecule is Cn1ccc(NCCC(C)(C)N)n1. The van der Waals surface area contributed by atoms with Crippen molar-refractivity contribution in [2.24, 2.45) is 12.8 Å². The van der Waals surface area contributed by atoms with Crippen molar-refractivity contribution in [3.63, 3.8) is 0 Å². The molecule has 0 saturated carbocycles. The fourth-order valence-electron chi connectivity index (χ4n) is 1.02. The van der Waals surface area contributed by atoms with Gasteiger partial charge in [0.15, 0.2) is 0 Å². The molecule has 1 aromatic rings. The molecule has 0 atom stereocenters. The first kappa shape index (κ1) is 10.1. The Balaban J connectivity index is 2.28. The third-order valence-electron chi connectivity index (χ3n) is 1.79. The van der Waals surface area contributed by atoms with Crippen LogP contribution in [0.2, 0.25) is 0 Å². The van der Waals surface area contributed by atoms with E-state index >= 15 is 0 Å². The molecule has 0 aromatic carbocycles. The van der Waals surface area contributed by atoms with Crippen LogP contribution in [0, 0.1) is 0 Å². The molecule has 0 fully saturated rings. The van der Waals surface area contributed by atoms with Crippen LogP contribution in [0.4, 0.5) is 5.82 Å². The molecule has 0 aliphatic carbocycles. The summed E-state index contributed by atoms with van der Waals surface area (Å²) >= 11 is 0. The molecular weight excluding hydrogens is 164 g/mol. The van der Waals surface area contributed by atoms with Gasteiger partial charge < -0.3 is 11.1 Å². The largest absolute Gasteiger partial charge is 0.369 e. The van der Waals surface area contributed by atoms with E-state index in [2.05, 4.69) is 10.4 Å². The van der Waals surface area contributed by atoms with Gasteiger partial charge in [0.25, 0.3) is 0 Å². The van der Waals surface area contributed by atoms with Gasteiger partial charge in [0.05, 0.1) is 0 Å². The highest BCUT2D eigenvalue weighted by Crippen LogP contribution is 2.05. The number of aromatic nitrogens is 2. The second kappa shape index (κ2) is 3.79. The summed E-state index contributed by atoms with van der Waals surface area (Å²) in [5.41, 5.74) is 5.73. The average Bonchev–Trinajstić information content (AvgIpc) is 2.33. The van der Waals surface area contributed by atoms with E-state index in [1.807, 2.05) is 33.2 Å². The number of anilines is 1. The van der Waals surface area contributed by atoms with Crippen molar-refractivity contribution in [2.75, 3.05) is 11.9 Å². The zero-order valence-electron chi connectivity index (χ0n) is 8.54. The third kappa shape index (κ3) is 3.94. The Bertz CT molecular complexity index is 259. The highest BCUT2D eigenvalue weighted by atomic mass is 15.3. The lowest BCUT2D eigenvalue weighted by Gasteiger charge is -2.17. The first-order valence-electron chi connectivity index (χ1n) is 4.50. The molecule has 3 N–H and O–H groups in total. The maximum atomic E-state index is 5.84. The minimum Gasteiger partial charge on any atom is -0.369 e. The predicted molar refractivity (Wildman–Crippen MR) is 54.6 cm³/mol. The summed E-state index contributed by atoms with van der Waals surface area (Å²) in [6.07, 6.45) is 2.85. The van der Waals surface area contributed by atoms with Crippen LogP contribution in [0.1, 0.15) is 20.3 Å². The van der Waals surface area contributed by atoms with Crippen LogP contribution in [0.25, 0.3) is 0 Å². The highest BCUT2D eigenvalue weighted by Gasteiger charge is 2.09. The molecule has 1 heterocycles. The normalized spacial score (nSPS) is 11.7. The Kier molecular flexibility index (Phi) is 2.93. The maximum absolute atomic E-state index is 5.84. The summed E-state index contributed by atoms with van der Waals surface area (Å²) in [4.78, 5) is 0. The molecular formula is C9H18N4. The van der Waals surface area contributed by atoms with Gasteiger partial charge in [0, 0.05) is 31.4 Å². The van der Waals surface area contributed by atoms with Crippen molar-refractivity contribution < 1.29 is 0 Å². The minimum atomic E-state index is -0.109. The lowest BCUT2D eigenvalue weighted by atomic mass is 10.0. The highest BCUT2D eigenvalue weighted by molar-refractivity contribution is 5.31. The molecule has 0 amide bonds. The fourth-order valence-corrected chi connectivity index (χ4v) is 1.02. The van der Waals surface area contributed by atoms with Gasteiger partial charge in [-0.15, -0.1) is 0 Å². The number of nitrogens with zero attached hydrogens (tertiary/aromatic N) is 2. The van der Waals surface area contributed by atoms with E-state index in [9.17, 15) is 0 Å².